The highest BCUT2D eigenvalue weighted by Gasteiger charge is 2.26. The van der Waals surface area contributed by atoms with Crippen LogP contribution in [-0.4, -0.2) is 41.0 Å². The summed E-state index contributed by atoms with van der Waals surface area (Å²) in [7, 11) is 0. The molecule has 2 aromatic heterocycles. The third-order valence-electron chi connectivity index (χ3n) is 5.61. The average molecular weight is 566 g/mol. The number of nitrogens with zero attached hydrogens (tertiary/aromatic N) is 3. The molecule has 2 N–H and O–H groups in total. The number of piperidine rings is 1. The van der Waals surface area contributed by atoms with Crippen molar-refractivity contribution >= 4 is 41.3 Å². The Hall–Kier alpha value is -1.91. The Bertz CT molecular complexity index is 960. The molecular weight excluding hydrogens is 533 g/mol. The molecule has 0 amide bonds. The summed E-state index contributed by atoms with van der Waals surface area (Å²) in [6, 6.07) is 15.7. The van der Waals surface area contributed by atoms with Crippen LogP contribution in [0.1, 0.15) is 37.9 Å². The van der Waals surface area contributed by atoms with Crippen molar-refractivity contribution in [3.8, 4) is 10.8 Å². The number of aliphatic imine (C=N–C) groups is 1. The van der Waals surface area contributed by atoms with Crippen molar-refractivity contribution in [1.29, 1.82) is 0 Å². The Morgan fingerprint density at radius 2 is 2.09 bits per heavy atom. The van der Waals surface area contributed by atoms with Crippen LogP contribution < -0.4 is 10.6 Å². The molecular formula is C24H32IN5OS. The fourth-order valence-electron chi connectivity index (χ4n) is 3.97. The lowest BCUT2D eigenvalue weighted by molar-refractivity contribution is 0.134. The maximum absolute atomic E-state index is 5.61. The quantitative estimate of drug-likeness (QED) is 0.236. The monoisotopic (exact) mass is 565 g/mol. The summed E-state index contributed by atoms with van der Waals surface area (Å²) in [6.45, 7) is 7.83. The highest BCUT2D eigenvalue weighted by Crippen LogP contribution is 2.24. The van der Waals surface area contributed by atoms with Crippen molar-refractivity contribution in [1.82, 2.24) is 20.5 Å². The van der Waals surface area contributed by atoms with Crippen LogP contribution in [0.3, 0.4) is 0 Å². The lowest BCUT2D eigenvalue weighted by Gasteiger charge is -2.38. The van der Waals surface area contributed by atoms with Gasteiger partial charge in [0.25, 0.3) is 0 Å². The van der Waals surface area contributed by atoms with Crippen molar-refractivity contribution in [2.24, 2.45) is 4.99 Å². The molecule has 1 aromatic carbocycles. The van der Waals surface area contributed by atoms with E-state index in [2.05, 4.69) is 64.7 Å². The minimum atomic E-state index is 0. The molecule has 3 aromatic rings. The summed E-state index contributed by atoms with van der Waals surface area (Å²) in [4.78, 5) is 12.9. The van der Waals surface area contributed by atoms with Gasteiger partial charge in [0, 0.05) is 31.7 Å². The number of hydrogen-bond acceptors (Lipinski definition) is 5. The van der Waals surface area contributed by atoms with Crippen LogP contribution in [0, 0.1) is 0 Å². The number of benzene rings is 1. The van der Waals surface area contributed by atoms with Gasteiger partial charge in [0.2, 0.25) is 5.89 Å². The molecule has 1 aliphatic rings. The van der Waals surface area contributed by atoms with Gasteiger partial charge in [-0.05, 0) is 43.7 Å². The molecule has 0 aliphatic carbocycles. The number of rotatable bonds is 7. The zero-order valence-electron chi connectivity index (χ0n) is 18.7. The molecule has 1 fully saturated rings. The van der Waals surface area contributed by atoms with E-state index in [1.807, 2.05) is 17.5 Å². The van der Waals surface area contributed by atoms with Crippen LogP contribution in [-0.2, 0) is 13.1 Å². The summed E-state index contributed by atoms with van der Waals surface area (Å²) >= 11 is 1.63. The maximum atomic E-state index is 5.61. The molecule has 4 rings (SSSR count). The molecule has 8 heteroatoms. The fraction of sp³-hybridized carbons (Fsp3) is 0.417. The first kappa shape index (κ1) is 24.7. The zero-order valence-corrected chi connectivity index (χ0v) is 21.8. The van der Waals surface area contributed by atoms with Crippen molar-refractivity contribution in [3.63, 3.8) is 0 Å². The van der Waals surface area contributed by atoms with Crippen molar-refractivity contribution in [2.45, 2.75) is 51.9 Å². The highest BCUT2D eigenvalue weighted by atomic mass is 127. The normalized spacial score (nSPS) is 19.4. The van der Waals surface area contributed by atoms with E-state index in [0.29, 0.717) is 24.5 Å². The van der Waals surface area contributed by atoms with Crippen LogP contribution in [0.15, 0.2) is 63.5 Å². The Balaban J connectivity index is 0.00000289. The third kappa shape index (κ3) is 6.79. The second-order valence-electron chi connectivity index (χ2n) is 7.99. The van der Waals surface area contributed by atoms with Crippen molar-refractivity contribution < 1.29 is 4.42 Å². The van der Waals surface area contributed by atoms with Gasteiger partial charge in [-0.2, -0.15) is 0 Å². The van der Waals surface area contributed by atoms with Crippen LogP contribution in [0.4, 0.5) is 0 Å². The predicted octanol–water partition coefficient (Wildman–Crippen LogP) is 5.13. The van der Waals surface area contributed by atoms with Gasteiger partial charge in [-0.1, -0.05) is 36.4 Å². The molecule has 32 heavy (non-hydrogen) atoms. The standard InChI is InChI=1S/C24H31N5OS.HI/c1-3-25-24(26-15-21-17-30-23(27-21)22-10-7-13-31-22)28-20-11-12-29(18(2)14-20)16-19-8-5-4-6-9-19;/h4-10,13,17-18,20H,3,11-12,14-16H2,1-2H3,(H2,25,26,28);1H. The van der Waals surface area contributed by atoms with E-state index in [-0.39, 0.29) is 24.0 Å². The molecule has 1 saturated heterocycles. The van der Waals surface area contributed by atoms with Gasteiger partial charge in [-0.15, -0.1) is 35.3 Å². The van der Waals surface area contributed by atoms with Gasteiger partial charge < -0.3 is 15.1 Å². The Labute approximate surface area is 211 Å². The van der Waals surface area contributed by atoms with E-state index in [0.717, 1.165) is 49.0 Å². The van der Waals surface area contributed by atoms with Gasteiger partial charge in [-0.3, -0.25) is 4.90 Å². The third-order valence-corrected chi connectivity index (χ3v) is 6.47. The van der Waals surface area contributed by atoms with Gasteiger partial charge in [0.1, 0.15) is 12.0 Å². The SMILES string of the molecule is CCNC(=NCc1coc(-c2cccs2)n1)NC1CCN(Cc2ccccc2)C(C)C1.I. The smallest absolute Gasteiger partial charge is 0.236 e. The number of guanidine groups is 1. The number of halogens is 1. The Morgan fingerprint density at radius 1 is 1.25 bits per heavy atom. The molecule has 3 heterocycles. The van der Waals surface area contributed by atoms with E-state index in [9.17, 15) is 0 Å². The predicted molar refractivity (Wildman–Crippen MR) is 143 cm³/mol. The first-order valence-electron chi connectivity index (χ1n) is 11.0. The summed E-state index contributed by atoms with van der Waals surface area (Å²) in [5, 5.41) is 9.03. The first-order chi connectivity index (χ1) is 15.2. The van der Waals surface area contributed by atoms with E-state index >= 15 is 0 Å². The van der Waals surface area contributed by atoms with Crippen molar-refractivity contribution in [2.75, 3.05) is 13.1 Å². The number of hydrogen-bond donors (Lipinski definition) is 2. The Morgan fingerprint density at radius 3 is 2.81 bits per heavy atom. The molecule has 6 nitrogen and oxygen atoms in total. The molecule has 0 radical (unpaired) electrons. The largest absolute Gasteiger partial charge is 0.443 e. The average Bonchev–Trinajstić information content (AvgIpc) is 3.47. The zero-order chi connectivity index (χ0) is 21.5. The molecule has 0 bridgehead atoms. The van der Waals surface area contributed by atoms with E-state index in [1.54, 1.807) is 17.6 Å². The van der Waals surface area contributed by atoms with Crippen LogP contribution >= 0.6 is 35.3 Å². The second-order valence-corrected chi connectivity index (χ2v) is 8.93. The summed E-state index contributed by atoms with van der Waals surface area (Å²) in [5.74, 6) is 1.51. The molecule has 0 spiro atoms. The van der Waals surface area contributed by atoms with Gasteiger partial charge >= 0.3 is 0 Å². The fourth-order valence-corrected chi connectivity index (χ4v) is 4.63. The van der Waals surface area contributed by atoms with Crippen LogP contribution in [0.2, 0.25) is 0 Å². The van der Waals surface area contributed by atoms with E-state index in [1.165, 1.54) is 5.56 Å². The minimum absolute atomic E-state index is 0. The molecule has 2 atom stereocenters. The first-order valence-corrected chi connectivity index (χ1v) is 11.9. The number of thiophene rings is 1. The molecule has 1 aliphatic heterocycles. The van der Waals surface area contributed by atoms with E-state index in [4.69, 9.17) is 9.41 Å². The van der Waals surface area contributed by atoms with Gasteiger partial charge in [-0.25, -0.2) is 9.98 Å². The van der Waals surface area contributed by atoms with Gasteiger partial charge in [0.05, 0.1) is 11.4 Å². The van der Waals surface area contributed by atoms with Crippen molar-refractivity contribution in [3.05, 3.63) is 65.4 Å². The minimum Gasteiger partial charge on any atom is -0.443 e. The number of oxazole rings is 1. The summed E-state index contributed by atoms with van der Waals surface area (Å²) in [5.41, 5.74) is 2.22. The second kappa shape index (κ2) is 12.4. The molecule has 2 unspecified atom stereocenters. The lowest BCUT2D eigenvalue weighted by atomic mass is 9.97. The van der Waals surface area contributed by atoms with E-state index < -0.39 is 0 Å². The Kier molecular flexibility index (Phi) is 9.55. The summed E-state index contributed by atoms with van der Waals surface area (Å²) < 4.78 is 5.61. The summed E-state index contributed by atoms with van der Waals surface area (Å²) in [6.07, 6.45) is 3.91. The number of nitrogens with one attached hydrogen (secondary N) is 2. The molecule has 172 valence electrons. The van der Waals surface area contributed by atoms with Gasteiger partial charge in [0.15, 0.2) is 5.96 Å². The van der Waals surface area contributed by atoms with Crippen LogP contribution in [0.5, 0.6) is 0 Å². The topological polar surface area (TPSA) is 65.7 Å². The molecule has 0 saturated carbocycles. The van der Waals surface area contributed by atoms with Crippen LogP contribution in [0.25, 0.3) is 10.8 Å². The highest BCUT2D eigenvalue weighted by molar-refractivity contribution is 14.0. The lowest BCUT2D eigenvalue weighted by Crippen LogP contribution is -2.51. The number of aromatic nitrogens is 1. The number of likely N-dealkylation sites (tertiary alicyclic amines) is 1. The maximum Gasteiger partial charge on any atom is 0.236 e.